The van der Waals surface area contributed by atoms with E-state index in [-0.39, 0.29) is 0 Å². The van der Waals surface area contributed by atoms with E-state index in [9.17, 15) is 0 Å². The summed E-state index contributed by atoms with van der Waals surface area (Å²) in [5, 5.41) is 0. The van der Waals surface area contributed by atoms with Crippen molar-refractivity contribution in [2.24, 2.45) is 0 Å². The van der Waals surface area contributed by atoms with Gasteiger partial charge in [-0.15, -0.1) is 0 Å². The molecule has 2 aromatic carbocycles. The van der Waals surface area contributed by atoms with Crippen LogP contribution in [0.3, 0.4) is 0 Å². The standard InChI is InChI=1S/2C6H5.S.Sb/c2*1-2-4-6-5-3-1;;/h2*1-5H;;. The monoisotopic (exact) mass is 307 g/mol. The zero-order valence-corrected chi connectivity index (χ0v) is 11.0. The molecule has 0 aromatic heterocycles. The SMILES string of the molecule is [S]=[Sb]([c]1ccccc1)[c]1ccccc1. The average molecular weight is 308 g/mol. The average Bonchev–Trinajstić information content (AvgIpc) is 2.30. The molecule has 0 saturated heterocycles. The van der Waals surface area contributed by atoms with Gasteiger partial charge in [0.25, 0.3) is 0 Å². The molecular formula is C12H10SSb. The van der Waals surface area contributed by atoms with Gasteiger partial charge in [0.1, 0.15) is 0 Å². The molecule has 0 bridgehead atoms. The maximum atomic E-state index is 5.65. The van der Waals surface area contributed by atoms with Crippen LogP contribution in [0.5, 0.6) is 0 Å². The van der Waals surface area contributed by atoms with Gasteiger partial charge in [-0.05, 0) is 0 Å². The van der Waals surface area contributed by atoms with E-state index >= 15 is 0 Å². The second-order valence-corrected chi connectivity index (χ2v) is 10.0. The van der Waals surface area contributed by atoms with Crippen molar-refractivity contribution >= 4 is 34.5 Å². The third-order valence-electron chi connectivity index (χ3n) is 1.98. The zero-order valence-electron chi connectivity index (χ0n) is 7.63. The van der Waals surface area contributed by atoms with Crippen LogP contribution in [-0.4, -0.2) is 18.2 Å². The van der Waals surface area contributed by atoms with E-state index in [0.717, 1.165) is 0 Å². The van der Waals surface area contributed by atoms with Gasteiger partial charge in [0, 0.05) is 0 Å². The summed E-state index contributed by atoms with van der Waals surface area (Å²) in [6, 6.07) is 21.0. The summed E-state index contributed by atoms with van der Waals surface area (Å²) >= 11 is -1.78. The van der Waals surface area contributed by atoms with Crippen LogP contribution in [0, 0.1) is 0 Å². The molecule has 0 heterocycles. The van der Waals surface area contributed by atoms with E-state index in [1.54, 1.807) is 0 Å². The Morgan fingerprint density at radius 2 is 1.00 bits per heavy atom. The third-order valence-corrected chi connectivity index (χ3v) is 9.19. The van der Waals surface area contributed by atoms with Crippen LogP contribution in [0.15, 0.2) is 60.7 Å². The van der Waals surface area contributed by atoms with Crippen LogP contribution in [0.4, 0.5) is 0 Å². The van der Waals surface area contributed by atoms with Gasteiger partial charge in [0.05, 0.1) is 0 Å². The van der Waals surface area contributed by atoms with Gasteiger partial charge in [-0.3, -0.25) is 0 Å². The van der Waals surface area contributed by atoms with Gasteiger partial charge in [0.15, 0.2) is 0 Å². The number of rotatable bonds is 2. The molecule has 69 valence electrons. The van der Waals surface area contributed by atoms with Crippen LogP contribution < -0.4 is 7.02 Å². The molecule has 0 aliphatic heterocycles. The zero-order chi connectivity index (χ0) is 9.80. The van der Waals surface area contributed by atoms with Crippen molar-refractivity contribution < 1.29 is 0 Å². The maximum absolute atomic E-state index is 5.65. The second kappa shape index (κ2) is 4.81. The molecule has 0 fully saturated rings. The third kappa shape index (κ3) is 2.29. The van der Waals surface area contributed by atoms with E-state index in [2.05, 4.69) is 48.5 Å². The fraction of sp³-hybridized carbons (Fsp3) is 0. The fourth-order valence-corrected chi connectivity index (χ4v) is 6.29. The van der Waals surface area contributed by atoms with Crippen LogP contribution in [-0.2, 0) is 0 Å². The molecule has 2 rings (SSSR count). The Hall–Kier alpha value is -0.522. The number of hydrogen-bond acceptors (Lipinski definition) is 1. The predicted octanol–water partition coefficient (Wildman–Crippen LogP) is 1.99. The quantitative estimate of drug-likeness (QED) is 0.765. The molecular weight excluding hydrogens is 298 g/mol. The molecule has 2 heteroatoms. The topological polar surface area (TPSA) is 0 Å². The Balaban J connectivity index is 2.35. The summed E-state index contributed by atoms with van der Waals surface area (Å²) in [7, 11) is 5.65. The number of hydrogen-bond donors (Lipinski definition) is 0. The minimum absolute atomic E-state index is 1.37. The van der Waals surface area contributed by atoms with Crippen LogP contribution in [0.2, 0.25) is 0 Å². The summed E-state index contributed by atoms with van der Waals surface area (Å²) in [5.74, 6) is 0. The molecule has 14 heavy (non-hydrogen) atoms. The van der Waals surface area contributed by atoms with E-state index in [1.807, 2.05) is 12.1 Å². The molecule has 1 radical (unpaired) electrons. The first-order valence-electron chi connectivity index (χ1n) is 4.45. The van der Waals surface area contributed by atoms with Gasteiger partial charge >= 0.3 is 95.1 Å². The van der Waals surface area contributed by atoms with Crippen molar-refractivity contribution in [3.63, 3.8) is 0 Å². The minimum atomic E-state index is -1.78. The summed E-state index contributed by atoms with van der Waals surface area (Å²) < 4.78 is 2.74. The first-order chi connectivity index (χ1) is 6.88. The second-order valence-electron chi connectivity index (χ2n) is 2.97. The summed E-state index contributed by atoms with van der Waals surface area (Å²) in [5.41, 5.74) is 0. The van der Waals surface area contributed by atoms with Gasteiger partial charge < -0.3 is 0 Å². The summed E-state index contributed by atoms with van der Waals surface area (Å²) in [6.45, 7) is 0. The fourth-order valence-electron chi connectivity index (χ4n) is 1.28. The van der Waals surface area contributed by atoms with Crippen molar-refractivity contribution in [1.29, 1.82) is 0 Å². The van der Waals surface area contributed by atoms with Gasteiger partial charge in [-0.1, -0.05) is 0 Å². The van der Waals surface area contributed by atoms with Gasteiger partial charge in [-0.2, -0.15) is 0 Å². The van der Waals surface area contributed by atoms with Gasteiger partial charge in [0.2, 0.25) is 0 Å². The van der Waals surface area contributed by atoms with Crippen LogP contribution in [0.25, 0.3) is 0 Å². The first kappa shape index (κ1) is 10.0. The van der Waals surface area contributed by atoms with Crippen molar-refractivity contribution in [2.75, 3.05) is 0 Å². The first-order valence-corrected chi connectivity index (χ1v) is 10.5. The Morgan fingerprint density at radius 1 is 0.643 bits per heavy atom. The van der Waals surface area contributed by atoms with E-state index in [1.165, 1.54) is 7.02 Å². The van der Waals surface area contributed by atoms with Crippen molar-refractivity contribution in [1.82, 2.24) is 0 Å². The Kier molecular flexibility index (Phi) is 3.44. The summed E-state index contributed by atoms with van der Waals surface area (Å²) in [6.07, 6.45) is 0. The molecule has 0 atom stereocenters. The Labute approximate surface area is 94.7 Å². The van der Waals surface area contributed by atoms with Crippen molar-refractivity contribution in [3.05, 3.63) is 60.7 Å². The molecule has 0 aliphatic carbocycles. The molecule has 0 saturated carbocycles. The van der Waals surface area contributed by atoms with E-state index in [0.29, 0.717) is 0 Å². The van der Waals surface area contributed by atoms with Crippen molar-refractivity contribution in [3.8, 4) is 0 Å². The molecule has 0 nitrogen and oxygen atoms in total. The molecule has 2 aromatic rings. The van der Waals surface area contributed by atoms with Crippen molar-refractivity contribution in [2.45, 2.75) is 0 Å². The molecule has 0 N–H and O–H groups in total. The molecule has 0 spiro atoms. The summed E-state index contributed by atoms with van der Waals surface area (Å²) in [4.78, 5) is 0. The molecule has 0 amide bonds. The van der Waals surface area contributed by atoms with Crippen LogP contribution in [0.1, 0.15) is 0 Å². The predicted molar refractivity (Wildman–Crippen MR) is 65.5 cm³/mol. The Morgan fingerprint density at radius 3 is 1.36 bits per heavy atom. The van der Waals surface area contributed by atoms with Gasteiger partial charge in [-0.25, -0.2) is 0 Å². The Bertz CT molecular complexity index is 381. The van der Waals surface area contributed by atoms with E-state index < -0.39 is 18.2 Å². The van der Waals surface area contributed by atoms with Crippen LogP contribution >= 0.6 is 9.19 Å². The normalized spacial score (nSPS) is 9.71. The molecule has 0 aliphatic rings. The molecule has 0 unspecified atom stereocenters. The van der Waals surface area contributed by atoms with E-state index in [4.69, 9.17) is 9.19 Å². The number of benzene rings is 2.